The van der Waals surface area contributed by atoms with Gasteiger partial charge in [0, 0.05) is 37.5 Å². The van der Waals surface area contributed by atoms with E-state index in [1.165, 1.54) is 5.56 Å². The number of benzene rings is 1. The van der Waals surface area contributed by atoms with Crippen molar-refractivity contribution in [1.29, 1.82) is 0 Å². The fourth-order valence-electron chi connectivity index (χ4n) is 3.90. The number of aryl methyl sites for hydroxylation is 2. The second-order valence-corrected chi connectivity index (χ2v) is 7.51. The number of nitrogens with zero attached hydrogens (tertiary/aromatic N) is 4. The third kappa shape index (κ3) is 3.75. The van der Waals surface area contributed by atoms with Gasteiger partial charge in [-0.2, -0.15) is 0 Å². The van der Waals surface area contributed by atoms with Gasteiger partial charge in [-0.1, -0.05) is 13.0 Å². The summed E-state index contributed by atoms with van der Waals surface area (Å²) in [5.74, 6) is 1.78. The number of hydrogen-bond donors (Lipinski definition) is 0. The number of hydrogen-bond acceptors (Lipinski definition) is 4. The SMILES string of the molecule is CCc1ccc2occ(CC(=O)N3CCC(Cc4nncn4C)CC3)c2c1. The van der Waals surface area contributed by atoms with E-state index in [9.17, 15) is 4.79 Å². The molecule has 0 bridgehead atoms. The van der Waals surface area contributed by atoms with Crippen molar-refractivity contribution in [3.63, 3.8) is 0 Å². The van der Waals surface area contributed by atoms with E-state index >= 15 is 0 Å². The molecule has 4 rings (SSSR count). The number of likely N-dealkylation sites (tertiary alicyclic amines) is 1. The molecule has 0 N–H and O–H groups in total. The van der Waals surface area contributed by atoms with Crippen LogP contribution in [-0.4, -0.2) is 38.7 Å². The molecule has 1 aliphatic rings. The van der Waals surface area contributed by atoms with Gasteiger partial charge in [0.25, 0.3) is 0 Å². The van der Waals surface area contributed by atoms with Gasteiger partial charge in [-0.05, 0) is 42.9 Å². The Morgan fingerprint density at radius 3 is 2.81 bits per heavy atom. The molecule has 0 atom stereocenters. The van der Waals surface area contributed by atoms with Crippen LogP contribution in [0.4, 0.5) is 0 Å². The van der Waals surface area contributed by atoms with Crippen LogP contribution in [0.25, 0.3) is 11.0 Å². The van der Waals surface area contributed by atoms with Crippen molar-refractivity contribution >= 4 is 16.9 Å². The maximum absolute atomic E-state index is 12.8. The van der Waals surface area contributed by atoms with Crippen LogP contribution in [0.3, 0.4) is 0 Å². The Bertz CT molecular complexity index is 935. The normalized spacial score (nSPS) is 15.6. The number of rotatable bonds is 5. The van der Waals surface area contributed by atoms with E-state index in [0.717, 1.165) is 61.1 Å². The molecule has 0 unspecified atom stereocenters. The highest BCUT2D eigenvalue weighted by Gasteiger charge is 2.24. The fraction of sp³-hybridized carbons (Fsp3) is 0.476. The lowest BCUT2D eigenvalue weighted by Crippen LogP contribution is -2.39. The Morgan fingerprint density at radius 2 is 2.11 bits per heavy atom. The number of carbonyl (C=O) groups excluding carboxylic acids is 1. The predicted octanol–water partition coefficient (Wildman–Crippen LogP) is 3.15. The molecule has 27 heavy (non-hydrogen) atoms. The molecule has 6 heteroatoms. The molecule has 142 valence electrons. The zero-order valence-corrected chi connectivity index (χ0v) is 16.0. The summed E-state index contributed by atoms with van der Waals surface area (Å²) in [5.41, 5.74) is 3.12. The highest BCUT2D eigenvalue weighted by molar-refractivity contribution is 5.88. The third-order valence-corrected chi connectivity index (χ3v) is 5.71. The molecular formula is C21H26N4O2. The van der Waals surface area contributed by atoms with Crippen molar-refractivity contribution in [2.45, 2.75) is 39.0 Å². The van der Waals surface area contributed by atoms with Crippen molar-refractivity contribution in [3.8, 4) is 0 Å². The van der Waals surface area contributed by atoms with E-state index in [-0.39, 0.29) is 5.91 Å². The highest BCUT2D eigenvalue weighted by atomic mass is 16.3. The molecule has 2 aromatic heterocycles. The third-order valence-electron chi connectivity index (χ3n) is 5.71. The standard InChI is InChI=1S/C21H26N4O2/c1-3-15-4-5-19-18(10-15)17(13-27-19)12-21(26)25-8-6-16(7-9-25)11-20-23-22-14-24(20)2/h4-5,10,13-14,16H,3,6-9,11-12H2,1-2H3. The van der Waals surface area contributed by atoms with Crippen LogP contribution < -0.4 is 0 Å². The zero-order valence-electron chi connectivity index (χ0n) is 16.0. The monoisotopic (exact) mass is 366 g/mol. The van der Waals surface area contributed by atoms with E-state index in [0.29, 0.717) is 12.3 Å². The van der Waals surface area contributed by atoms with Crippen LogP contribution in [0.5, 0.6) is 0 Å². The van der Waals surface area contributed by atoms with E-state index < -0.39 is 0 Å². The first kappa shape index (κ1) is 17.8. The maximum atomic E-state index is 12.8. The topological polar surface area (TPSA) is 64.2 Å². The summed E-state index contributed by atoms with van der Waals surface area (Å²) < 4.78 is 7.62. The van der Waals surface area contributed by atoms with E-state index in [4.69, 9.17) is 4.42 Å². The van der Waals surface area contributed by atoms with Gasteiger partial charge in [0.05, 0.1) is 12.7 Å². The minimum absolute atomic E-state index is 0.191. The molecule has 3 heterocycles. The molecule has 1 amide bonds. The van der Waals surface area contributed by atoms with E-state index in [2.05, 4.69) is 29.3 Å². The summed E-state index contributed by atoms with van der Waals surface area (Å²) >= 11 is 0. The Balaban J connectivity index is 1.36. The van der Waals surface area contributed by atoms with Gasteiger partial charge < -0.3 is 13.9 Å². The van der Waals surface area contributed by atoms with Crippen LogP contribution in [0, 0.1) is 5.92 Å². The first-order valence-corrected chi connectivity index (χ1v) is 9.73. The Morgan fingerprint density at radius 1 is 1.30 bits per heavy atom. The molecular weight excluding hydrogens is 340 g/mol. The molecule has 6 nitrogen and oxygen atoms in total. The van der Waals surface area contributed by atoms with Crippen LogP contribution in [-0.2, 0) is 31.1 Å². The second-order valence-electron chi connectivity index (χ2n) is 7.51. The summed E-state index contributed by atoms with van der Waals surface area (Å²) in [6, 6.07) is 6.23. The average Bonchev–Trinajstić information content (AvgIpc) is 3.28. The summed E-state index contributed by atoms with van der Waals surface area (Å²) in [7, 11) is 1.98. The predicted molar refractivity (Wildman–Crippen MR) is 103 cm³/mol. The summed E-state index contributed by atoms with van der Waals surface area (Å²) in [5, 5.41) is 9.20. The maximum Gasteiger partial charge on any atom is 0.227 e. The number of piperidine rings is 1. The molecule has 1 aromatic carbocycles. The number of furan rings is 1. The molecule has 1 aliphatic heterocycles. The summed E-state index contributed by atoms with van der Waals surface area (Å²) in [6.07, 6.45) is 7.85. The van der Waals surface area contributed by atoms with Gasteiger partial charge in [-0.25, -0.2) is 0 Å². The Kier molecular flexibility index (Phi) is 4.97. The van der Waals surface area contributed by atoms with Crippen molar-refractivity contribution in [2.24, 2.45) is 13.0 Å². The smallest absolute Gasteiger partial charge is 0.227 e. The molecule has 0 spiro atoms. The quantitative estimate of drug-likeness (QED) is 0.696. The first-order chi connectivity index (χ1) is 13.1. The minimum Gasteiger partial charge on any atom is -0.464 e. The first-order valence-electron chi connectivity index (χ1n) is 9.73. The molecule has 0 saturated carbocycles. The van der Waals surface area contributed by atoms with Gasteiger partial charge in [-0.15, -0.1) is 10.2 Å². The molecule has 0 aliphatic carbocycles. The number of aromatic nitrogens is 3. The van der Waals surface area contributed by atoms with Crippen LogP contribution in [0.1, 0.15) is 36.7 Å². The van der Waals surface area contributed by atoms with Crippen LogP contribution in [0.2, 0.25) is 0 Å². The van der Waals surface area contributed by atoms with Gasteiger partial charge in [0.1, 0.15) is 17.7 Å². The Hall–Kier alpha value is -2.63. The van der Waals surface area contributed by atoms with Gasteiger partial charge >= 0.3 is 0 Å². The van der Waals surface area contributed by atoms with Crippen LogP contribution >= 0.6 is 0 Å². The van der Waals surface area contributed by atoms with Crippen LogP contribution in [0.15, 0.2) is 35.2 Å². The number of carbonyl (C=O) groups is 1. The average molecular weight is 366 g/mol. The lowest BCUT2D eigenvalue weighted by Gasteiger charge is -2.31. The second kappa shape index (κ2) is 7.55. The van der Waals surface area contributed by atoms with Gasteiger partial charge in [-0.3, -0.25) is 4.79 Å². The van der Waals surface area contributed by atoms with Crippen molar-refractivity contribution < 1.29 is 9.21 Å². The lowest BCUT2D eigenvalue weighted by atomic mass is 9.93. The highest BCUT2D eigenvalue weighted by Crippen LogP contribution is 2.25. The Labute approximate surface area is 159 Å². The van der Waals surface area contributed by atoms with Gasteiger partial charge in [0.15, 0.2) is 0 Å². The number of amides is 1. The van der Waals surface area contributed by atoms with Crippen molar-refractivity contribution in [1.82, 2.24) is 19.7 Å². The largest absolute Gasteiger partial charge is 0.464 e. The summed E-state index contributed by atoms with van der Waals surface area (Å²) in [6.45, 7) is 3.77. The number of fused-ring (bicyclic) bond motifs is 1. The van der Waals surface area contributed by atoms with Crippen molar-refractivity contribution in [3.05, 3.63) is 47.7 Å². The molecule has 0 radical (unpaired) electrons. The molecule has 1 fully saturated rings. The van der Waals surface area contributed by atoms with E-state index in [1.54, 1.807) is 12.6 Å². The summed E-state index contributed by atoms with van der Waals surface area (Å²) in [4.78, 5) is 14.8. The minimum atomic E-state index is 0.191. The zero-order chi connectivity index (χ0) is 18.8. The molecule has 3 aromatic rings. The fourth-order valence-corrected chi connectivity index (χ4v) is 3.90. The van der Waals surface area contributed by atoms with Crippen molar-refractivity contribution in [2.75, 3.05) is 13.1 Å². The van der Waals surface area contributed by atoms with E-state index in [1.807, 2.05) is 22.6 Å². The van der Waals surface area contributed by atoms with Gasteiger partial charge in [0.2, 0.25) is 5.91 Å². The molecule has 1 saturated heterocycles. The lowest BCUT2D eigenvalue weighted by molar-refractivity contribution is -0.131.